The third kappa shape index (κ3) is 8.44. The van der Waals surface area contributed by atoms with Gasteiger partial charge in [0.1, 0.15) is 0 Å². The number of terminal acetylenes is 1. The molecule has 2 unspecified atom stereocenters. The summed E-state index contributed by atoms with van der Waals surface area (Å²) in [6.07, 6.45) is 6.99. The molecule has 0 spiro atoms. The summed E-state index contributed by atoms with van der Waals surface area (Å²) >= 11 is 0. The minimum Gasteiger partial charge on any atom is -0.389 e. The molecule has 2 N–H and O–H groups in total. The molecule has 0 aliphatic carbocycles. The molecule has 0 bridgehead atoms. The molecule has 0 heterocycles. The zero-order valence-corrected chi connectivity index (χ0v) is 9.99. The van der Waals surface area contributed by atoms with Crippen LogP contribution in [0.25, 0.3) is 0 Å². The van der Waals surface area contributed by atoms with Crippen LogP contribution in [0.5, 0.6) is 0 Å². The second-order valence-electron chi connectivity index (χ2n) is 3.95. The summed E-state index contributed by atoms with van der Waals surface area (Å²) in [4.78, 5) is 0. The van der Waals surface area contributed by atoms with Crippen molar-refractivity contribution in [1.29, 1.82) is 0 Å². The van der Waals surface area contributed by atoms with Gasteiger partial charge in [-0.05, 0) is 20.3 Å². The molecule has 0 fully saturated rings. The number of nitrogens with one attached hydrogen (secondary N) is 1. The van der Waals surface area contributed by atoms with Crippen molar-refractivity contribution < 1.29 is 9.84 Å². The standard InChI is InChI=1S/C12H23NO2/c1-5-7-11(6-2)13-8-12(14)9-15-10(3)4/h2,10-14H,5,7-9H2,1,3-4H3. The first-order valence-corrected chi connectivity index (χ1v) is 5.59. The first kappa shape index (κ1) is 14.4. The summed E-state index contributed by atoms with van der Waals surface area (Å²) in [7, 11) is 0. The maximum Gasteiger partial charge on any atom is 0.0898 e. The van der Waals surface area contributed by atoms with E-state index in [0.717, 1.165) is 12.8 Å². The van der Waals surface area contributed by atoms with Crippen LogP contribution in [0.4, 0.5) is 0 Å². The van der Waals surface area contributed by atoms with E-state index in [-0.39, 0.29) is 12.1 Å². The van der Waals surface area contributed by atoms with Crippen LogP contribution in [0.3, 0.4) is 0 Å². The second-order valence-corrected chi connectivity index (χ2v) is 3.95. The molecule has 3 heteroatoms. The number of aliphatic hydroxyl groups excluding tert-OH is 1. The molecule has 0 saturated heterocycles. The smallest absolute Gasteiger partial charge is 0.0898 e. The molecule has 0 saturated carbocycles. The fraction of sp³-hybridized carbons (Fsp3) is 0.833. The normalized spacial score (nSPS) is 14.9. The summed E-state index contributed by atoms with van der Waals surface area (Å²) in [5, 5.41) is 12.7. The van der Waals surface area contributed by atoms with Crippen molar-refractivity contribution in [2.45, 2.75) is 51.9 Å². The van der Waals surface area contributed by atoms with E-state index in [1.54, 1.807) is 0 Å². The number of ether oxygens (including phenoxy) is 1. The van der Waals surface area contributed by atoms with Gasteiger partial charge in [-0.3, -0.25) is 0 Å². The van der Waals surface area contributed by atoms with Gasteiger partial charge in [0.25, 0.3) is 0 Å². The molecule has 0 amide bonds. The summed E-state index contributed by atoms with van der Waals surface area (Å²) in [5.74, 6) is 2.66. The maximum absolute atomic E-state index is 9.55. The molecule has 15 heavy (non-hydrogen) atoms. The largest absolute Gasteiger partial charge is 0.389 e. The average Bonchev–Trinajstić information content (AvgIpc) is 2.21. The average molecular weight is 213 g/mol. The SMILES string of the molecule is C#CC(CCC)NCC(O)COC(C)C. The number of aliphatic hydroxyl groups is 1. The molecule has 0 rings (SSSR count). The Bertz CT molecular complexity index is 187. The summed E-state index contributed by atoms with van der Waals surface area (Å²) in [5.41, 5.74) is 0. The number of hydrogen-bond acceptors (Lipinski definition) is 3. The van der Waals surface area contributed by atoms with Crippen LogP contribution in [0, 0.1) is 12.3 Å². The predicted molar refractivity (Wildman–Crippen MR) is 62.6 cm³/mol. The van der Waals surface area contributed by atoms with Crippen LogP contribution >= 0.6 is 0 Å². The van der Waals surface area contributed by atoms with Gasteiger partial charge < -0.3 is 15.2 Å². The van der Waals surface area contributed by atoms with E-state index in [2.05, 4.69) is 18.2 Å². The quantitative estimate of drug-likeness (QED) is 0.595. The lowest BCUT2D eigenvalue weighted by atomic mass is 10.2. The molecule has 0 aromatic heterocycles. The van der Waals surface area contributed by atoms with Crippen molar-refractivity contribution in [3.8, 4) is 12.3 Å². The Morgan fingerprint density at radius 2 is 2.13 bits per heavy atom. The van der Waals surface area contributed by atoms with E-state index >= 15 is 0 Å². The third-order valence-corrected chi connectivity index (χ3v) is 2.00. The van der Waals surface area contributed by atoms with Crippen LogP contribution in [0.2, 0.25) is 0 Å². The summed E-state index contributed by atoms with van der Waals surface area (Å²) < 4.78 is 5.29. The Labute approximate surface area is 93.2 Å². The van der Waals surface area contributed by atoms with E-state index in [1.165, 1.54) is 0 Å². The second kappa shape index (κ2) is 8.72. The first-order chi connectivity index (χ1) is 7.10. The lowest BCUT2D eigenvalue weighted by Crippen LogP contribution is -2.37. The highest BCUT2D eigenvalue weighted by molar-refractivity contribution is 4.98. The van der Waals surface area contributed by atoms with Gasteiger partial charge in [0.2, 0.25) is 0 Å². The van der Waals surface area contributed by atoms with Gasteiger partial charge >= 0.3 is 0 Å². The topological polar surface area (TPSA) is 41.5 Å². The van der Waals surface area contributed by atoms with Gasteiger partial charge in [0.15, 0.2) is 0 Å². The first-order valence-electron chi connectivity index (χ1n) is 5.59. The van der Waals surface area contributed by atoms with Crippen LogP contribution < -0.4 is 5.32 Å². The van der Waals surface area contributed by atoms with E-state index in [0.29, 0.717) is 13.2 Å². The van der Waals surface area contributed by atoms with E-state index < -0.39 is 6.10 Å². The lowest BCUT2D eigenvalue weighted by Gasteiger charge is -2.17. The number of rotatable bonds is 8. The van der Waals surface area contributed by atoms with E-state index in [1.807, 2.05) is 13.8 Å². The van der Waals surface area contributed by atoms with Crippen molar-refractivity contribution >= 4 is 0 Å². The Morgan fingerprint density at radius 1 is 1.47 bits per heavy atom. The molecule has 0 radical (unpaired) electrons. The van der Waals surface area contributed by atoms with Crippen LogP contribution in [0.1, 0.15) is 33.6 Å². The monoisotopic (exact) mass is 213 g/mol. The fourth-order valence-electron chi connectivity index (χ4n) is 1.17. The maximum atomic E-state index is 9.55. The number of hydrogen-bond donors (Lipinski definition) is 2. The highest BCUT2D eigenvalue weighted by Crippen LogP contribution is 1.96. The van der Waals surface area contributed by atoms with Crippen molar-refractivity contribution in [2.75, 3.05) is 13.2 Å². The van der Waals surface area contributed by atoms with Gasteiger partial charge in [0.05, 0.1) is 24.9 Å². The fourth-order valence-corrected chi connectivity index (χ4v) is 1.17. The zero-order valence-electron chi connectivity index (χ0n) is 9.99. The molecule has 2 atom stereocenters. The highest BCUT2D eigenvalue weighted by Gasteiger charge is 2.08. The highest BCUT2D eigenvalue weighted by atomic mass is 16.5. The minimum atomic E-state index is -0.486. The Balaban J connectivity index is 3.60. The summed E-state index contributed by atoms with van der Waals surface area (Å²) in [6, 6.07) is 0.0590. The molecule has 0 aliphatic rings. The molecule has 88 valence electrons. The molecule has 0 aromatic carbocycles. The van der Waals surface area contributed by atoms with Crippen molar-refractivity contribution in [3.05, 3.63) is 0 Å². The lowest BCUT2D eigenvalue weighted by molar-refractivity contribution is 0.00591. The van der Waals surface area contributed by atoms with Crippen molar-refractivity contribution in [2.24, 2.45) is 0 Å². The summed E-state index contributed by atoms with van der Waals surface area (Å²) in [6.45, 7) is 6.82. The zero-order chi connectivity index (χ0) is 11.7. The third-order valence-electron chi connectivity index (χ3n) is 2.00. The van der Waals surface area contributed by atoms with Crippen molar-refractivity contribution in [3.63, 3.8) is 0 Å². The minimum absolute atomic E-state index is 0.0590. The van der Waals surface area contributed by atoms with Gasteiger partial charge in [-0.1, -0.05) is 19.3 Å². The van der Waals surface area contributed by atoms with Gasteiger partial charge in [-0.25, -0.2) is 0 Å². The van der Waals surface area contributed by atoms with E-state index in [4.69, 9.17) is 11.2 Å². The van der Waals surface area contributed by atoms with Gasteiger partial charge in [-0.15, -0.1) is 6.42 Å². The van der Waals surface area contributed by atoms with Crippen LogP contribution in [0.15, 0.2) is 0 Å². The molecule has 3 nitrogen and oxygen atoms in total. The molecular formula is C12H23NO2. The molecule has 0 aliphatic heterocycles. The molecular weight excluding hydrogens is 190 g/mol. The van der Waals surface area contributed by atoms with Crippen molar-refractivity contribution in [1.82, 2.24) is 5.32 Å². The molecule has 0 aromatic rings. The van der Waals surface area contributed by atoms with Gasteiger partial charge in [0, 0.05) is 6.54 Å². The Kier molecular flexibility index (Phi) is 8.40. The Hall–Kier alpha value is -0.560. The van der Waals surface area contributed by atoms with Gasteiger partial charge in [-0.2, -0.15) is 0 Å². The van der Waals surface area contributed by atoms with E-state index in [9.17, 15) is 5.11 Å². The van der Waals surface area contributed by atoms with Crippen LogP contribution in [-0.4, -0.2) is 36.5 Å². The predicted octanol–water partition coefficient (Wildman–Crippen LogP) is 1.16. The Morgan fingerprint density at radius 3 is 2.60 bits per heavy atom. The van der Waals surface area contributed by atoms with Crippen LogP contribution in [-0.2, 0) is 4.74 Å².